The number of hydrogen-bond donors (Lipinski definition) is 0. The third kappa shape index (κ3) is 4.11. The number of amides is 2. The van der Waals surface area contributed by atoms with Crippen molar-refractivity contribution in [1.82, 2.24) is 4.90 Å². The fraction of sp³-hybridized carbons (Fsp3) is 0.130. The molecule has 0 bridgehead atoms. The predicted molar refractivity (Wildman–Crippen MR) is 115 cm³/mol. The zero-order chi connectivity index (χ0) is 21.1. The van der Waals surface area contributed by atoms with Crippen LogP contribution in [0, 0.1) is 0 Å². The number of carbonyl (C=O) groups is 2. The molecule has 1 aromatic heterocycles. The first-order valence-electron chi connectivity index (χ1n) is 9.20. The Balaban J connectivity index is 1.49. The zero-order valence-corrected chi connectivity index (χ0v) is 17.3. The average Bonchev–Trinajstić information content (AvgIpc) is 3.35. The van der Waals surface area contributed by atoms with E-state index in [-0.39, 0.29) is 17.7 Å². The smallest absolute Gasteiger partial charge is 0.293 e. The van der Waals surface area contributed by atoms with Crippen molar-refractivity contribution in [3.05, 3.63) is 76.9 Å². The average molecular weight is 421 g/mol. The van der Waals surface area contributed by atoms with Gasteiger partial charge >= 0.3 is 0 Å². The SMILES string of the molecule is COc1ccc(CN2C(=O)S/C(=C\c3ccc(-c4ccc(OC)cc4)o3)C2=O)cc1. The second kappa shape index (κ2) is 8.51. The summed E-state index contributed by atoms with van der Waals surface area (Å²) < 4.78 is 16.1. The first-order chi connectivity index (χ1) is 14.6. The maximum Gasteiger partial charge on any atom is 0.293 e. The molecular weight excluding hydrogens is 402 g/mol. The van der Waals surface area contributed by atoms with Crippen molar-refractivity contribution in [1.29, 1.82) is 0 Å². The molecule has 1 aliphatic rings. The van der Waals surface area contributed by atoms with Crippen LogP contribution in [0.25, 0.3) is 17.4 Å². The van der Waals surface area contributed by atoms with Crippen LogP contribution in [0.2, 0.25) is 0 Å². The van der Waals surface area contributed by atoms with Gasteiger partial charge in [0.2, 0.25) is 0 Å². The maximum absolute atomic E-state index is 12.7. The van der Waals surface area contributed by atoms with Crippen LogP contribution in [0.5, 0.6) is 11.5 Å². The van der Waals surface area contributed by atoms with Crippen LogP contribution in [-0.4, -0.2) is 30.3 Å². The van der Waals surface area contributed by atoms with Crippen molar-refractivity contribution in [3.8, 4) is 22.8 Å². The van der Waals surface area contributed by atoms with Crippen molar-refractivity contribution in [2.75, 3.05) is 14.2 Å². The van der Waals surface area contributed by atoms with Gasteiger partial charge in [0.15, 0.2) is 0 Å². The molecule has 0 aliphatic carbocycles. The summed E-state index contributed by atoms with van der Waals surface area (Å²) >= 11 is 0.911. The molecule has 0 radical (unpaired) electrons. The highest BCUT2D eigenvalue weighted by Crippen LogP contribution is 2.34. The van der Waals surface area contributed by atoms with Gasteiger partial charge < -0.3 is 13.9 Å². The lowest BCUT2D eigenvalue weighted by Gasteiger charge is -2.12. The van der Waals surface area contributed by atoms with E-state index in [0.717, 1.165) is 34.4 Å². The van der Waals surface area contributed by atoms with Crippen molar-refractivity contribution >= 4 is 29.0 Å². The van der Waals surface area contributed by atoms with Crippen LogP contribution in [0.3, 0.4) is 0 Å². The Kier molecular flexibility index (Phi) is 5.63. The molecule has 4 rings (SSSR count). The number of methoxy groups -OCH3 is 2. The molecule has 3 aromatic rings. The van der Waals surface area contributed by atoms with Crippen molar-refractivity contribution in [3.63, 3.8) is 0 Å². The predicted octanol–water partition coefficient (Wildman–Crippen LogP) is 5.20. The van der Waals surface area contributed by atoms with Crippen molar-refractivity contribution < 1.29 is 23.5 Å². The molecular formula is C23H19NO5S. The first-order valence-corrected chi connectivity index (χ1v) is 10.0. The Morgan fingerprint density at radius 3 is 2.17 bits per heavy atom. The maximum atomic E-state index is 12.7. The number of furan rings is 1. The minimum atomic E-state index is -0.330. The topological polar surface area (TPSA) is 69.0 Å². The van der Waals surface area contributed by atoms with E-state index in [1.807, 2.05) is 42.5 Å². The van der Waals surface area contributed by atoms with Gasteiger partial charge in [-0.15, -0.1) is 0 Å². The molecule has 1 saturated heterocycles. The molecule has 1 fully saturated rings. The summed E-state index contributed by atoms with van der Waals surface area (Å²) in [6.45, 7) is 0.210. The Morgan fingerprint density at radius 1 is 0.900 bits per heavy atom. The van der Waals surface area contributed by atoms with Crippen LogP contribution in [-0.2, 0) is 11.3 Å². The third-order valence-corrected chi connectivity index (χ3v) is 5.56. The fourth-order valence-electron chi connectivity index (χ4n) is 3.02. The van der Waals surface area contributed by atoms with Crippen LogP contribution < -0.4 is 9.47 Å². The molecule has 152 valence electrons. The lowest BCUT2D eigenvalue weighted by atomic mass is 10.2. The Hall–Kier alpha value is -3.45. The highest BCUT2D eigenvalue weighted by molar-refractivity contribution is 8.18. The summed E-state index contributed by atoms with van der Waals surface area (Å²) in [5.74, 6) is 2.33. The number of nitrogens with zero attached hydrogens (tertiary/aromatic N) is 1. The number of hydrogen-bond acceptors (Lipinski definition) is 6. The number of thioether (sulfide) groups is 1. The fourth-order valence-corrected chi connectivity index (χ4v) is 3.84. The number of rotatable bonds is 6. The summed E-state index contributed by atoms with van der Waals surface area (Å²) in [6.07, 6.45) is 1.60. The summed E-state index contributed by atoms with van der Waals surface area (Å²) in [6, 6.07) is 18.4. The quantitative estimate of drug-likeness (QED) is 0.510. The van der Waals surface area contributed by atoms with Gasteiger partial charge in [-0.2, -0.15) is 0 Å². The zero-order valence-electron chi connectivity index (χ0n) is 16.5. The van der Waals surface area contributed by atoms with E-state index in [9.17, 15) is 9.59 Å². The number of imide groups is 1. The van der Waals surface area contributed by atoms with Gasteiger partial charge in [-0.1, -0.05) is 12.1 Å². The van der Waals surface area contributed by atoms with Gasteiger partial charge in [-0.25, -0.2) is 0 Å². The number of carbonyl (C=O) groups excluding carboxylic acids is 2. The highest BCUT2D eigenvalue weighted by Gasteiger charge is 2.35. The molecule has 0 spiro atoms. The van der Waals surface area contributed by atoms with E-state index in [0.29, 0.717) is 16.4 Å². The van der Waals surface area contributed by atoms with Gasteiger partial charge in [0.05, 0.1) is 25.7 Å². The Bertz CT molecular complexity index is 1100. The third-order valence-electron chi connectivity index (χ3n) is 4.65. The van der Waals surface area contributed by atoms with Crippen LogP contribution >= 0.6 is 11.8 Å². The van der Waals surface area contributed by atoms with Crippen LogP contribution in [0.4, 0.5) is 4.79 Å². The van der Waals surface area contributed by atoms with Crippen molar-refractivity contribution in [2.45, 2.75) is 6.54 Å². The van der Waals surface area contributed by atoms with Crippen molar-refractivity contribution in [2.24, 2.45) is 0 Å². The number of ether oxygens (including phenoxy) is 2. The summed E-state index contributed by atoms with van der Waals surface area (Å²) in [7, 11) is 3.20. The minimum Gasteiger partial charge on any atom is -0.497 e. The van der Waals surface area contributed by atoms with Gasteiger partial charge in [-0.3, -0.25) is 14.5 Å². The Labute approximate surface area is 178 Å². The molecule has 0 unspecified atom stereocenters. The van der Waals surface area contributed by atoms with Crippen LogP contribution in [0.15, 0.2) is 70.0 Å². The monoisotopic (exact) mass is 421 g/mol. The van der Waals surface area contributed by atoms with E-state index >= 15 is 0 Å². The second-order valence-electron chi connectivity index (χ2n) is 6.55. The van der Waals surface area contributed by atoms with Gasteiger partial charge in [0.1, 0.15) is 23.0 Å². The van der Waals surface area contributed by atoms with Crippen LogP contribution in [0.1, 0.15) is 11.3 Å². The molecule has 30 heavy (non-hydrogen) atoms. The number of benzene rings is 2. The first kappa shape index (κ1) is 19.8. The standard InChI is InChI=1S/C23H19NO5S/c1-27-17-7-3-15(4-8-17)14-24-22(25)21(30-23(24)26)13-19-11-12-20(29-19)16-5-9-18(28-2)10-6-16/h3-13H,14H2,1-2H3/b21-13-. The molecule has 2 heterocycles. The van der Waals surface area contributed by atoms with E-state index in [1.165, 1.54) is 4.90 Å². The highest BCUT2D eigenvalue weighted by atomic mass is 32.2. The minimum absolute atomic E-state index is 0.210. The molecule has 2 aromatic carbocycles. The van der Waals surface area contributed by atoms with E-state index < -0.39 is 0 Å². The molecule has 0 saturated carbocycles. The summed E-state index contributed by atoms with van der Waals surface area (Å²) in [5.41, 5.74) is 1.74. The van der Waals surface area contributed by atoms with Gasteiger partial charge in [0.25, 0.3) is 11.1 Å². The molecule has 7 heteroatoms. The molecule has 0 atom stereocenters. The summed E-state index contributed by atoms with van der Waals surface area (Å²) in [4.78, 5) is 26.7. The largest absolute Gasteiger partial charge is 0.497 e. The Morgan fingerprint density at radius 2 is 1.53 bits per heavy atom. The van der Waals surface area contributed by atoms with Gasteiger partial charge in [-0.05, 0) is 65.9 Å². The van der Waals surface area contributed by atoms with E-state index in [2.05, 4.69) is 0 Å². The van der Waals surface area contributed by atoms with Gasteiger partial charge in [0, 0.05) is 11.6 Å². The molecule has 1 aliphatic heterocycles. The lowest BCUT2D eigenvalue weighted by molar-refractivity contribution is -0.123. The molecule has 0 N–H and O–H groups in total. The van der Waals surface area contributed by atoms with E-state index in [4.69, 9.17) is 13.9 Å². The second-order valence-corrected chi connectivity index (χ2v) is 7.54. The van der Waals surface area contributed by atoms with E-state index in [1.54, 1.807) is 38.5 Å². The lowest BCUT2D eigenvalue weighted by Crippen LogP contribution is -2.27. The molecule has 2 amide bonds. The molecule has 6 nitrogen and oxygen atoms in total. The summed E-state index contributed by atoms with van der Waals surface area (Å²) in [5, 5.41) is -0.302. The normalized spacial score (nSPS) is 15.1.